The van der Waals surface area contributed by atoms with Gasteiger partial charge < -0.3 is 4.74 Å². The highest BCUT2D eigenvalue weighted by Crippen LogP contribution is 2.13. The van der Waals surface area contributed by atoms with Gasteiger partial charge in [0.15, 0.2) is 0 Å². The minimum atomic E-state index is -3.50. The van der Waals surface area contributed by atoms with E-state index in [0.717, 1.165) is 11.1 Å². The van der Waals surface area contributed by atoms with Crippen LogP contribution in [0.1, 0.15) is 18.1 Å². The van der Waals surface area contributed by atoms with Crippen molar-refractivity contribution in [3.05, 3.63) is 47.8 Å². The molecule has 21 heavy (non-hydrogen) atoms. The first-order valence-electron chi connectivity index (χ1n) is 6.49. The predicted octanol–water partition coefficient (Wildman–Crippen LogP) is 2.13. The standard InChI is InChI=1S/C14H17N3O3S/c1-3-20-14-15-8-13(9-16-14)17-21(18,19)10-12-6-4-11(2)5-7-12/h4-9,17H,3,10H2,1-2H3. The van der Waals surface area contributed by atoms with Crippen molar-refractivity contribution < 1.29 is 13.2 Å². The molecule has 1 heterocycles. The van der Waals surface area contributed by atoms with Gasteiger partial charge in [-0.3, -0.25) is 4.72 Å². The molecule has 0 aliphatic carbocycles. The Balaban J connectivity index is 2.04. The lowest BCUT2D eigenvalue weighted by molar-refractivity contribution is 0.312. The summed E-state index contributed by atoms with van der Waals surface area (Å²) in [6.45, 7) is 4.23. The number of hydrogen-bond acceptors (Lipinski definition) is 5. The SMILES string of the molecule is CCOc1ncc(NS(=O)(=O)Cc2ccc(C)cc2)cn1. The molecule has 0 spiro atoms. The Morgan fingerprint density at radius 1 is 1.14 bits per heavy atom. The summed E-state index contributed by atoms with van der Waals surface area (Å²) in [5, 5.41) is 0. The summed E-state index contributed by atoms with van der Waals surface area (Å²) in [6.07, 6.45) is 2.76. The van der Waals surface area contributed by atoms with Crippen LogP contribution in [0.4, 0.5) is 5.69 Å². The molecule has 1 N–H and O–H groups in total. The Bertz CT molecular complexity index is 682. The highest BCUT2D eigenvalue weighted by molar-refractivity contribution is 7.91. The van der Waals surface area contributed by atoms with E-state index < -0.39 is 10.0 Å². The molecule has 0 amide bonds. The lowest BCUT2D eigenvalue weighted by Crippen LogP contribution is -2.15. The fraction of sp³-hybridized carbons (Fsp3) is 0.286. The monoisotopic (exact) mass is 307 g/mol. The molecule has 7 heteroatoms. The van der Waals surface area contributed by atoms with Crippen LogP contribution < -0.4 is 9.46 Å². The number of nitrogens with zero attached hydrogens (tertiary/aromatic N) is 2. The summed E-state index contributed by atoms with van der Waals surface area (Å²) in [6, 6.07) is 7.57. The van der Waals surface area contributed by atoms with E-state index in [1.807, 2.05) is 26.0 Å². The highest BCUT2D eigenvalue weighted by Gasteiger charge is 2.12. The van der Waals surface area contributed by atoms with Crippen LogP contribution in [0.2, 0.25) is 0 Å². The maximum atomic E-state index is 12.1. The summed E-state index contributed by atoms with van der Waals surface area (Å²) in [5.41, 5.74) is 2.12. The molecule has 2 rings (SSSR count). The number of hydrogen-bond donors (Lipinski definition) is 1. The number of anilines is 1. The van der Waals surface area contributed by atoms with Crippen LogP contribution in [-0.2, 0) is 15.8 Å². The summed E-state index contributed by atoms with van der Waals surface area (Å²) < 4.78 is 31.7. The molecule has 1 aromatic heterocycles. The molecule has 6 nitrogen and oxygen atoms in total. The van der Waals surface area contributed by atoms with Crippen molar-refractivity contribution in [3.8, 4) is 6.01 Å². The molecule has 2 aromatic rings. The fourth-order valence-corrected chi connectivity index (χ4v) is 2.86. The van der Waals surface area contributed by atoms with Gasteiger partial charge in [-0.2, -0.15) is 0 Å². The van der Waals surface area contributed by atoms with E-state index in [9.17, 15) is 8.42 Å². The molecule has 0 saturated heterocycles. The van der Waals surface area contributed by atoms with E-state index >= 15 is 0 Å². The molecule has 0 saturated carbocycles. The van der Waals surface area contributed by atoms with Crippen molar-refractivity contribution in [1.29, 1.82) is 0 Å². The molecule has 0 aliphatic heterocycles. The van der Waals surface area contributed by atoms with Gasteiger partial charge in [0.05, 0.1) is 30.4 Å². The van der Waals surface area contributed by atoms with Crippen molar-refractivity contribution in [3.63, 3.8) is 0 Å². The molecule has 112 valence electrons. The molecule has 0 fully saturated rings. The number of nitrogens with one attached hydrogen (secondary N) is 1. The van der Waals surface area contributed by atoms with Crippen LogP contribution >= 0.6 is 0 Å². The van der Waals surface area contributed by atoms with Crippen LogP contribution in [-0.4, -0.2) is 25.0 Å². The van der Waals surface area contributed by atoms with Crippen LogP contribution in [0.3, 0.4) is 0 Å². The Labute approximate surface area is 124 Å². The summed E-state index contributed by atoms with van der Waals surface area (Å²) in [4.78, 5) is 7.82. The third-order valence-corrected chi connectivity index (χ3v) is 3.91. The summed E-state index contributed by atoms with van der Waals surface area (Å²) in [5.74, 6) is -0.0967. The van der Waals surface area contributed by atoms with Gasteiger partial charge in [0.1, 0.15) is 0 Å². The minimum Gasteiger partial charge on any atom is -0.464 e. The second-order valence-corrected chi connectivity index (χ2v) is 6.26. The van der Waals surface area contributed by atoms with Gasteiger partial charge in [-0.25, -0.2) is 18.4 Å². The zero-order valence-electron chi connectivity index (χ0n) is 11.9. The molecule has 0 atom stereocenters. The van der Waals surface area contributed by atoms with Gasteiger partial charge in [0, 0.05) is 0 Å². The molecule has 0 unspecified atom stereocenters. The summed E-state index contributed by atoms with van der Waals surface area (Å²) >= 11 is 0. The van der Waals surface area contributed by atoms with Gasteiger partial charge >= 0.3 is 6.01 Å². The first kappa shape index (κ1) is 15.2. The number of aryl methyl sites for hydroxylation is 1. The molecular formula is C14H17N3O3S. The first-order chi connectivity index (χ1) is 9.98. The van der Waals surface area contributed by atoms with Gasteiger partial charge in [-0.15, -0.1) is 0 Å². The zero-order valence-corrected chi connectivity index (χ0v) is 12.7. The van der Waals surface area contributed by atoms with Crippen molar-refractivity contribution in [1.82, 2.24) is 9.97 Å². The molecule has 0 radical (unpaired) electrons. The fourth-order valence-electron chi connectivity index (χ4n) is 1.69. The number of ether oxygens (including phenoxy) is 1. The van der Waals surface area contributed by atoms with Crippen molar-refractivity contribution in [2.75, 3.05) is 11.3 Å². The average Bonchev–Trinajstić information content (AvgIpc) is 2.43. The average molecular weight is 307 g/mol. The zero-order chi connectivity index (χ0) is 15.3. The van der Waals surface area contributed by atoms with Crippen LogP contribution in [0, 0.1) is 6.92 Å². The van der Waals surface area contributed by atoms with Gasteiger partial charge in [-0.05, 0) is 19.4 Å². The molecule has 0 bridgehead atoms. The van der Waals surface area contributed by atoms with E-state index in [2.05, 4.69) is 14.7 Å². The van der Waals surface area contributed by atoms with Crippen molar-refractivity contribution in [2.24, 2.45) is 0 Å². The normalized spacial score (nSPS) is 11.1. The van der Waals surface area contributed by atoms with Gasteiger partial charge in [0.2, 0.25) is 10.0 Å². The highest BCUT2D eigenvalue weighted by atomic mass is 32.2. The lowest BCUT2D eigenvalue weighted by atomic mass is 10.2. The van der Waals surface area contributed by atoms with E-state index in [-0.39, 0.29) is 11.8 Å². The number of benzene rings is 1. The van der Waals surface area contributed by atoms with Crippen molar-refractivity contribution >= 4 is 15.7 Å². The number of rotatable bonds is 6. The third kappa shape index (κ3) is 4.71. The third-order valence-electron chi connectivity index (χ3n) is 2.65. The second kappa shape index (κ2) is 6.53. The Morgan fingerprint density at radius 3 is 2.33 bits per heavy atom. The topological polar surface area (TPSA) is 81.2 Å². The van der Waals surface area contributed by atoms with Gasteiger partial charge in [0.25, 0.3) is 0 Å². The first-order valence-corrected chi connectivity index (χ1v) is 8.14. The van der Waals surface area contributed by atoms with E-state index in [0.29, 0.717) is 12.3 Å². The smallest absolute Gasteiger partial charge is 0.316 e. The Hall–Kier alpha value is -2.15. The van der Waals surface area contributed by atoms with Crippen LogP contribution in [0.25, 0.3) is 0 Å². The molecule has 1 aromatic carbocycles. The van der Waals surface area contributed by atoms with E-state index in [4.69, 9.17) is 4.74 Å². The number of sulfonamides is 1. The van der Waals surface area contributed by atoms with Gasteiger partial charge in [-0.1, -0.05) is 29.8 Å². The number of aromatic nitrogens is 2. The van der Waals surface area contributed by atoms with Crippen molar-refractivity contribution in [2.45, 2.75) is 19.6 Å². The maximum absolute atomic E-state index is 12.1. The predicted molar refractivity (Wildman–Crippen MR) is 80.6 cm³/mol. The minimum absolute atomic E-state index is 0.0967. The summed E-state index contributed by atoms with van der Waals surface area (Å²) in [7, 11) is -3.50. The lowest BCUT2D eigenvalue weighted by Gasteiger charge is -2.08. The quantitative estimate of drug-likeness (QED) is 0.884. The Kier molecular flexibility index (Phi) is 4.74. The van der Waals surface area contributed by atoms with Crippen LogP contribution in [0.5, 0.6) is 6.01 Å². The Morgan fingerprint density at radius 2 is 1.76 bits per heavy atom. The maximum Gasteiger partial charge on any atom is 0.316 e. The largest absolute Gasteiger partial charge is 0.464 e. The second-order valence-electron chi connectivity index (χ2n) is 4.53. The van der Waals surface area contributed by atoms with Crippen LogP contribution in [0.15, 0.2) is 36.7 Å². The molecular weight excluding hydrogens is 290 g/mol. The molecule has 0 aliphatic rings. The van der Waals surface area contributed by atoms with E-state index in [1.165, 1.54) is 12.4 Å². The van der Waals surface area contributed by atoms with E-state index in [1.54, 1.807) is 12.1 Å².